The number of halogens is 2. The van der Waals surface area contributed by atoms with E-state index in [1.807, 2.05) is 0 Å². The van der Waals surface area contributed by atoms with Crippen LogP contribution in [0, 0.1) is 0 Å². The van der Waals surface area contributed by atoms with E-state index in [1.165, 1.54) is 0 Å². The summed E-state index contributed by atoms with van der Waals surface area (Å²) in [6, 6.07) is 12.2. The molecule has 2 aromatic carbocycles. The first-order valence-corrected chi connectivity index (χ1v) is 8.15. The third kappa shape index (κ3) is 3.87. The molecular weight excluding hydrogens is 381 g/mol. The summed E-state index contributed by atoms with van der Waals surface area (Å²) in [6.45, 7) is -0.600. The number of anilines is 1. The van der Waals surface area contributed by atoms with Crippen molar-refractivity contribution in [2.45, 2.75) is 0 Å². The zero-order valence-electron chi connectivity index (χ0n) is 13.1. The maximum Gasteiger partial charge on any atom is 0.374 e. The molecule has 132 valence electrons. The van der Waals surface area contributed by atoms with Gasteiger partial charge in [-0.25, -0.2) is 4.79 Å². The van der Waals surface area contributed by atoms with Gasteiger partial charge in [0.05, 0.1) is 21.1 Å². The molecule has 3 rings (SSSR count). The fraction of sp³-hybridized carbons (Fsp3) is 0.0556. The zero-order valence-corrected chi connectivity index (χ0v) is 14.6. The minimum atomic E-state index is -0.937. The van der Waals surface area contributed by atoms with Gasteiger partial charge in [-0.3, -0.25) is 9.59 Å². The van der Waals surface area contributed by atoms with E-state index in [0.717, 1.165) is 6.07 Å². The number of amides is 1. The molecule has 1 amide bonds. The van der Waals surface area contributed by atoms with Crippen molar-refractivity contribution in [2.24, 2.45) is 0 Å². The van der Waals surface area contributed by atoms with Crippen molar-refractivity contribution in [3.63, 3.8) is 0 Å². The minimum Gasteiger partial charge on any atom is -0.450 e. The molecule has 0 spiro atoms. The van der Waals surface area contributed by atoms with Crippen LogP contribution in [0.25, 0.3) is 11.0 Å². The van der Waals surface area contributed by atoms with Gasteiger partial charge in [0.2, 0.25) is 5.76 Å². The summed E-state index contributed by atoms with van der Waals surface area (Å²) in [5, 5.41) is 3.29. The van der Waals surface area contributed by atoms with Crippen LogP contribution in [0.5, 0.6) is 0 Å². The maximum absolute atomic E-state index is 12.0. The van der Waals surface area contributed by atoms with Crippen molar-refractivity contribution in [1.82, 2.24) is 0 Å². The summed E-state index contributed by atoms with van der Waals surface area (Å²) in [4.78, 5) is 36.0. The number of esters is 1. The van der Waals surface area contributed by atoms with Gasteiger partial charge in [0.25, 0.3) is 5.91 Å². The standard InChI is InChI=1S/C18H11Cl2NO5/c19-11-5-3-6-12(20)17(11)21-16(23)9-25-18(24)15-8-13(22)10-4-1-2-7-14(10)26-15/h1-8H,9H2,(H,21,23). The molecule has 0 bridgehead atoms. The van der Waals surface area contributed by atoms with Gasteiger partial charge in [0.1, 0.15) is 5.58 Å². The Morgan fingerprint density at radius 1 is 1.04 bits per heavy atom. The van der Waals surface area contributed by atoms with Crippen LogP contribution in [0.4, 0.5) is 5.69 Å². The number of hydrogen-bond donors (Lipinski definition) is 1. The predicted molar refractivity (Wildman–Crippen MR) is 97.9 cm³/mol. The first-order chi connectivity index (χ1) is 12.5. The normalized spacial score (nSPS) is 10.5. The van der Waals surface area contributed by atoms with Crippen LogP contribution in [-0.2, 0) is 9.53 Å². The van der Waals surface area contributed by atoms with Gasteiger partial charge in [-0.15, -0.1) is 0 Å². The van der Waals surface area contributed by atoms with Crippen LogP contribution in [0.1, 0.15) is 10.6 Å². The monoisotopic (exact) mass is 391 g/mol. The number of nitrogens with one attached hydrogen (secondary N) is 1. The molecule has 1 heterocycles. The van der Waals surface area contributed by atoms with Gasteiger partial charge >= 0.3 is 5.97 Å². The number of hydrogen-bond acceptors (Lipinski definition) is 5. The lowest BCUT2D eigenvalue weighted by Crippen LogP contribution is -2.21. The number of carbonyl (C=O) groups is 2. The van der Waals surface area contributed by atoms with Crippen LogP contribution in [0.15, 0.2) is 57.7 Å². The Morgan fingerprint density at radius 2 is 1.73 bits per heavy atom. The Labute approximate surface area is 157 Å². The molecule has 1 N–H and O–H groups in total. The summed E-state index contributed by atoms with van der Waals surface area (Å²) < 4.78 is 10.2. The molecule has 0 aliphatic rings. The predicted octanol–water partition coefficient (Wildman–Crippen LogP) is 3.90. The Kier molecular flexibility index (Phi) is 5.25. The highest BCUT2D eigenvalue weighted by atomic mass is 35.5. The van der Waals surface area contributed by atoms with E-state index < -0.39 is 18.5 Å². The van der Waals surface area contributed by atoms with E-state index in [2.05, 4.69) is 5.32 Å². The first-order valence-electron chi connectivity index (χ1n) is 7.39. The molecule has 0 aliphatic heterocycles. The van der Waals surface area contributed by atoms with Crippen molar-refractivity contribution < 1.29 is 18.7 Å². The van der Waals surface area contributed by atoms with E-state index >= 15 is 0 Å². The summed E-state index contributed by atoms with van der Waals surface area (Å²) in [6.07, 6.45) is 0. The van der Waals surface area contributed by atoms with E-state index in [9.17, 15) is 14.4 Å². The second kappa shape index (κ2) is 7.59. The molecule has 0 saturated heterocycles. The molecule has 3 aromatic rings. The smallest absolute Gasteiger partial charge is 0.374 e. The Hall–Kier alpha value is -2.83. The second-order valence-corrected chi connectivity index (χ2v) is 6.01. The molecule has 0 aliphatic carbocycles. The van der Waals surface area contributed by atoms with Crippen molar-refractivity contribution in [3.05, 3.63) is 74.6 Å². The largest absolute Gasteiger partial charge is 0.450 e. The molecule has 0 atom stereocenters. The average Bonchev–Trinajstić information content (AvgIpc) is 2.63. The Morgan fingerprint density at radius 3 is 2.46 bits per heavy atom. The minimum absolute atomic E-state index is 0.217. The van der Waals surface area contributed by atoms with E-state index in [0.29, 0.717) is 5.39 Å². The van der Waals surface area contributed by atoms with Crippen molar-refractivity contribution >= 4 is 51.7 Å². The fourth-order valence-corrected chi connectivity index (χ4v) is 2.69. The van der Waals surface area contributed by atoms with Crippen LogP contribution in [0.2, 0.25) is 10.0 Å². The highest BCUT2D eigenvalue weighted by Gasteiger charge is 2.16. The Bertz CT molecular complexity index is 1040. The van der Waals surface area contributed by atoms with Crippen LogP contribution in [-0.4, -0.2) is 18.5 Å². The average molecular weight is 392 g/mol. The summed E-state index contributed by atoms with van der Waals surface area (Å²) in [7, 11) is 0. The second-order valence-electron chi connectivity index (χ2n) is 5.19. The van der Waals surface area contributed by atoms with E-state index in [4.69, 9.17) is 32.4 Å². The van der Waals surface area contributed by atoms with Crippen molar-refractivity contribution in [2.75, 3.05) is 11.9 Å². The highest BCUT2D eigenvalue weighted by molar-refractivity contribution is 6.39. The number of carbonyl (C=O) groups excluding carboxylic acids is 2. The summed E-state index contributed by atoms with van der Waals surface area (Å²) in [5.41, 5.74) is 0.0828. The van der Waals surface area contributed by atoms with Gasteiger partial charge in [0.15, 0.2) is 12.0 Å². The van der Waals surface area contributed by atoms with Gasteiger partial charge in [0, 0.05) is 6.07 Å². The highest BCUT2D eigenvalue weighted by Crippen LogP contribution is 2.29. The number of fused-ring (bicyclic) bond motifs is 1. The van der Waals surface area contributed by atoms with E-state index in [-0.39, 0.29) is 32.5 Å². The summed E-state index contributed by atoms with van der Waals surface area (Å²) in [5.74, 6) is -1.87. The quantitative estimate of drug-likeness (QED) is 0.681. The van der Waals surface area contributed by atoms with Gasteiger partial charge < -0.3 is 14.5 Å². The van der Waals surface area contributed by atoms with Gasteiger partial charge in [-0.1, -0.05) is 41.4 Å². The van der Waals surface area contributed by atoms with Crippen LogP contribution >= 0.6 is 23.2 Å². The molecule has 1 aromatic heterocycles. The van der Waals surface area contributed by atoms with Crippen molar-refractivity contribution in [1.29, 1.82) is 0 Å². The topological polar surface area (TPSA) is 85.6 Å². The third-order valence-electron chi connectivity index (χ3n) is 3.40. The molecule has 0 fully saturated rings. The number of rotatable bonds is 4. The molecular formula is C18H11Cl2NO5. The van der Waals surface area contributed by atoms with Crippen molar-refractivity contribution in [3.8, 4) is 0 Å². The summed E-state index contributed by atoms with van der Waals surface area (Å²) >= 11 is 11.9. The lowest BCUT2D eigenvalue weighted by Gasteiger charge is -2.09. The zero-order chi connectivity index (χ0) is 18.7. The van der Waals surface area contributed by atoms with Crippen LogP contribution < -0.4 is 10.7 Å². The molecule has 0 saturated carbocycles. The SMILES string of the molecule is O=C(COC(=O)c1cc(=O)c2ccccc2o1)Nc1c(Cl)cccc1Cl. The molecule has 0 radical (unpaired) electrons. The molecule has 6 nitrogen and oxygen atoms in total. The lowest BCUT2D eigenvalue weighted by molar-refractivity contribution is -0.119. The van der Waals surface area contributed by atoms with Crippen LogP contribution in [0.3, 0.4) is 0 Å². The lowest BCUT2D eigenvalue weighted by atomic mass is 10.2. The molecule has 26 heavy (non-hydrogen) atoms. The first kappa shape index (κ1) is 18.0. The van der Waals surface area contributed by atoms with E-state index in [1.54, 1.807) is 42.5 Å². The number of ether oxygens (including phenoxy) is 1. The Balaban J connectivity index is 1.69. The van der Waals surface area contributed by atoms with Gasteiger partial charge in [-0.2, -0.15) is 0 Å². The number of para-hydroxylation sites is 2. The molecule has 8 heteroatoms. The number of benzene rings is 2. The fourth-order valence-electron chi connectivity index (χ4n) is 2.20. The third-order valence-corrected chi connectivity index (χ3v) is 4.03. The maximum atomic E-state index is 12.0. The molecule has 0 unspecified atom stereocenters. The van der Waals surface area contributed by atoms with Gasteiger partial charge in [-0.05, 0) is 24.3 Å².